The van der Waals surface area contributed by atoms with Crippen molar-refractivity contribution in [1.29, 1.82) is 10.5 Å². The number of likely N-dealkylation sites (N-methyl/N-ethyl adjacent to an activating group) is 1. The fourth-order valence-electron chi connectivity index (χ4n) is 5.56. The molecule has 0 spiro atoms. The fourth-order valence-corrected chi connectivity index (χ4v) is 5.56. The lowest BCUT2D eigenvalue weighted by molar-refractivity contribution is 0.156. The molecule has 2 N–H and O–H groups in total. The minimum Gasteiger partial charge on any atom is -0.493 e. The Morgan fingerprint density at radius 1 is 1.06 bits per heavy atom. The summed E-state index contributed by atoms with van der Waals surface area (Å²) in [4.78, 5) is 15.1. The van der Waals surface area contributed by atoms with Gasteiger partial charge < -0.3 is 25.0 Å². The fraction of sp³-hybridized carbons (Fsp3) is 0.423. The third-order valence-corrected chi connectivity index (χ3v) is 7.34. The number of carbonyl (C=O) groups excluding carboxylic acids is 1. The van der Waals surface area contributed by atoms with E-state index in [1.165, 1.54) is 11.6 Å². The number of likely N-dealkylation sites (tertiary alicyclic amines) is 1. The number of amides is 2. The van der Waals surface area contributed by atoms with E-state index in [0.29, 0.717) is 11.7 Å². The average Bonchev–Trinajstić information content (AvgIpc) is 3.20. The predicted octanol–water partition coefficient (Wildman–Crippen LogP) is 3.76. The Balaban J connectivity index is 1.47. The quantitative estimate of drug-likeness (QED) is 0.704. The molecule has 0 radical (unpaired) electrons. The monoisotopic (exact) mass is 459 g/mol. The second kappa shape index (κ2) is 9.62. The molecule has 2 aromatic carbocycles. The molecule has 0 aromatic heterocycles. The number of ether oxygens (including phenoxy) is 2. The second-order valence-corrected chi connectivity index (χ2v) is 9.03. The van der Waals surface area contributed by atoms with Gasteiger partial charge in [-0.25, -0.2) is 4.79 Å². The van der Waals surface area contributed by atoms with Crippen LogP contribution < -0.4 is 20.1 Å². The van der Waals surface area contributed by atoms with E-state index in [4.69, 9.17) is 14.7 Å². The van der Waals surface area contributed by atoms with Gasteiger partial charge in [0.15, 0.2) is 11.5 Å². The lowest BCUT2D eigenvalue weighted by Gasteiger charge is -2.45. The Kier molecular flexibility index (Phi) is 6.63. The molecular formula is C26H29N5O3. The summed E-state index contributed by atoms with van der Waals surface area (Å²) in [6.45, 7) is 1.00. The van der Waals surface area contributed by atoms with Gasteiger partial charge in [-0.05, 0) is 75.2 Å². The molecule has 0 unspecified atom stereocenters. The number of rotatable bonds is 5. The van der Waals surface area contributed by atoms with Gasteiger partial charge in [0, 0.05) is 23.2 Å². The number of hydrogen-bond acceptors (Lipinski definition) is 6. The van der Waals surface area contributed by atoms with Gasteiger partial charge in [-0.3, -0.25) is 0 Å². The van der Waals surface area contributed by atoms with Crippen LogP contribution in [0.25, 0.3) is 0 Å². The average molecular weight is 460 g/mol. The standard InChI is InChI=1S/C26H29N5O3/c1-31-11-10-26(19-5-7-22(33-2)23(13-19)34-3)9-8-21(14-24(26)31)30-25(32)29-20-6-4-17(15-27)18(12-20)16-28/h4-7,12-13,21,24H,8-11,14H2,1-3H3,(H2,29,30,32)/t21-,24+,26+/m1/s1. The summed E-state index contributed by atoms with van der Waals surface area (Å²) in [6, 6.07) is 14.9. The molecule has 34 heavy (non-hydrogen) atoms. The van der Waals surface area contributed by atoms with Crippen LogP contribution in [0.1, 0.15) is 42.4 Å². The van der Waals surface area contributed by atoms with Crippen molar-refractivity contribution in [2.24, 2.45) is 0 Å². The van der Waals surface area contributed by atoms with E-state index in [0.717, 1.165) is 43.7 Å². The number of hydrogen-bond donors (Lipinski definition) is 2. The van der Waals surface area contributed by atoms with Crippen LogP contribution in [0.3, 0.4) is 0 Å². The Hall–Kier alpha value is -3.75. The number of nitrogens with zero attached hydrogens (tertiary/aromatic N) is 3. The molecule has 176 valence electrons. The van der Waals surface area contributed by atoms with Crippen LogP contribution in [0.2, 0.25) is 0 Å². The molecule has 1 aliphatic heterocycles. The van der Waals surface area contributed by atoms with Crippen molar-refractivity contribution >= 4 is 11.7 Å². The van der Waals surface area contributed by atoms with Gasteiger partial charge in [0.1, 0.15) is 12.1 Å². The molecule has 8 heteroatoms. The molecule has 2 fully saturated rings. The number of fused-ring (bicyclic) bond motifs is 1. The van der Waals surface area contributed by atoms with Gasteiger partial charge in [-0.15, -0.1) is 0 Å². The molecule has 3 atom stereocenters. The topological polar surface area (TPSA) is 110 Å². The van der Waals surface area contributed by atoms with Gasteiger partial charge in [-0.2, -0.15) is 10.5 Å². The van der Waals surface area contributed by atoms with Crippen molar-refractivity contribution in [2.45, 2.75) is 43.2 Å². The Morgan fingerprint density at radius 2 is 1.82 bits per heavy atom. The van der Waals surface area contributed by atoms with Gasteiger partial charge in [0.2, 0.25) is 0 Å². The van der Waals surface area contributed by atoms with Crippen molar-refractivity contribution in [2.75, 3.05) is 33.1 Å². The van der Waals surface area contributed by atoms with E-state index in [2.05, 4.69) is 34.7 Å². The first kappa shape index (κ1) is 23.4. The normalized spacial score (nSPS) is 23.8. The van der Waals surface area contributed by atoms with Crippen LogP contribution in [0.4, 0.5) is 10.5 Å². The summed E-state index contributed by atoms with van der Waals surface area (Å²) in [7, 11) is 5.45. The number of nitriles is 2. The van der Waals surface area contributed by atoms with Crippen LogP contribution in [0.15, 0.2) is 36.4 Å². The van der Waals surface area contributed by atoms with Crippen molar-refractivity contribution in [3.8, 4) is 23.6 Å². The number of benzene rings is 2. The van der Waals surface area contributed by atoms with Crippen LogP contribution in [-0.4, -0.2) is 50.8 Å². The van der Waals surface area contributed by atoms with Crippen molar-refractivity contribution in [3.05, 3.63) is 53.1 Å². The highest BCUT2D eigenvalue weighted by atomic mass is 16.5. The summed E-state index contributed by atoms with van der Waals surface area (Å²) in [5.41, 5.74) is 2.28. The van der Waals surface area contributed by atoms with Gasteiger partial charge >= 0.3 is 6.03 Å². The highest BCUT2D eigenvalue weighted by Gasteiger charge is 2.50. The van der Waals surface area contributed by atoms with Crippen LogP contribution in [-0.2, 0) is 5.41 Å². The second-order valence-electron chi connectivity index (χ2n) is 9.03. The minimum absolute atomic E-state index is 0.0117. The van der Waals surface area contributed by atoms with Gasteiger partial charge in [-0.1, -0.05) is 6.07 Å². The van der Waals surface area contributed by atoms with Gasteiger partial charge in [0.25, 0.3) is 0 Å². The van der Waals surface area contributed by atoms with E-state index < -0.39 is 0 Å². The SMILES string of the molecule is COc1ccc([C@@]23CC[C@@H](NC(=O)Nc4ccc(C#N)c(C#N)c4)C[C@@H]2N(C)CC3)cc1OC. The number of nitrogens with one attached hydrogen (secondary N) is 2. The minimum atomic E-state index is -0.308. The van der Waals surface area contributed by atoms with Crippen molar-refractivity contribution < 1.29 is 14.3 Å². The molecule has 1 saturated heterocycles. The van der Waals surface area contributed by atoms with E-state index in [-0.39, 0.29) is 28.6 Å². The lowest BCUT2D eigenvalue weighted by Crippen LogP contribution is -2.52. The van der Waals surface area contributed by atoms with Crippen molar-refractivity contribution in [1.82, 2.24) is 10.2 Å². The van der Waals surface area contributed by atoms with Crippen molar-refractivity contribution in [3.63, 3.8) is 0 Å². The molecular weight excluding hydrogens is 430 g/mol. The van der Waals surface area contributed by atoms with Crippen LogP contribution in [0.5, 0.6) is 11.5 Å². The maximum Gasteiger partial charge on any atom is 0.319 e. The van der Waals surface area contributed by atoms with Crippen LogP contribution in [0, 0.1) is 22.7 Å². The summed E-state index contributed by atoms with van der Waals surface area (Å²) in [5.74, 6) is 1.46. The maximum atomic E-state index is 12.7. The zero-order valence-electron chi connectivity index (χ0n) is 19.7. The highest BCUT2D eigenvalue weighted by molar-refractivity contribution is 5.89. The van der Waals surface area contributed by atoms with E-state index in [9.17, 15) is 10.1 Å². The summed E-state index contributed by atoms with van der Waals surface area (Å²) in [5, 5.41) is 24.2. The van der Waals surface area contributed by atoms with E-state index in [1.54, 1.807) is 26.4 Å². The van der Waals surface area contributed by atoms with E-state index in [1.807, 2.05) is 18.2 Å². The number of anilines is 1. The molecule has 1 heterocycles. The third-order valence-electron chi connectivity index (χ3n) is 7.34. The summed E-state index contributed by atoms with van der Waals surface area (Å²) >= 11 is 0. The molecule has 2 amide bonds. The summed E-state index contributed by atoms with van der Waals surface area (Å²) in [6.07, 6.45) is 3.72. The smallest absolute Gasteiger partial charge is 0.319 e. The number of methoxy groups -OCH3 is 2. The Bertz CT molecular complexity index is 1170. The predicted molar refractivity (Wildman–Crippen MR) is 128 cm³/mol. The number of urea groups is 1. The summed E-state index contributed by atoms with van der Waals surface area (Å²) < 4.78 is 11.0. The maximum absolute atomic E-state index is 12.7. The molecule has 2 aromatic rings. The van der Waals surface area contributed by atoms with E-state index >= 15 is 0 Å². The molecule has 4 rings (SSSR count). The lowest BCUT2D eigenvalue weighted by atomic mass is 9.65. The van der Waals surface area contributed by atoms with Crippen LogP contribution >= 0.6 is 0 Å². The number of carbonyl (C=O) groups is 1. The van der Waals surface area contributed by atoms with Gasteiger partial charge in [0.05, 0.1) is 25.3 Å². The third kappa shape index (κ3) is 4.25. The first-order chi connectivity index (χ1) is 16.4. The molecule has 8 nitrogen and oxygen atoms in total. The molecule has 1 aliphatic carbocycles. The first-order valence-corrected chi connectivity index (χ1v) is 11.4. The molecule has 1 saturated carbocycles. The highest BCUT2D eigenvalue weighted by Crippen LogP contribution is 2.49. The Morgan fingerprint density at radius 3 is 2.53 bits per heavy atom. The largest absolute Gasteiger partial charge is 0.493 e. The molecule has 0 bridgehead atoms. The first-order valence-electron chi connectivity index (χ1n) is 11.4. The zero-order chi connectivity index (χ0) is 24.3. The molecule has 2 aliphatic rings. The Labute approximate surface area is 200 Å². The zero-order valence-corrected chi connectivity index (χ0v) is 19.7.